The van der Waals surface area contributed by atoms with Crippen molar-refractivity contribution in [2.75, 3.05) is 19.7 Å². The number of hydrogen-bond acceptors (Lipinski definition) is 3. The minimum atomic E-state index is -0.151. The molecular formula is C14H30N2O. The lowest BCUT2D eigenvalue weighted by Crippen LogP contribution is -2.56. The maximum atomic E-state index is 9.63. The molecule has 1 heterocycles. The van der Waals surface area contributed by atoms with Crippen molar-refractivity contribution in [3.05, 3.63) is 0 Å². The quantitative estimate of drug-likeness (QED) is 0.717. The molecule has 3 heteroatoms. The van der Waals surface area contributed by atoms with Gasteiger partial charge >= 0.3 is 0 Å². The van der Waals surface area contributed by atoms with Crippen molar-refractivity contribution in [1.29, 1.82) is 0 Å². The van der Waals surface area contributed by atoms with Crippen molar-refractivity contribution in [3.8, 4) is 0 Å². The summed E-state index contributed by atoms with van der Waals surface area (Å²) in [5, 5.41) is 13.1. The van der Waals surface area contributed by atoms with E-state index >= 15 is 0 Å². The standard InChI is InChI=1S/C14H30N2O/c1-5-9-15-14(4,11-17)10-16-12(3)7-8-13(16)6-2/h12-13,15,17H,5-11H2,1-4H3. The van der Waals surface area contributed by atoms with Crippen LogP contribution in [0.5, 0.6) is 0 Å². The van der Waals surface area contributed by atoms with Gasteiger partial charge in [-0.3, -0.25) is 4.90 Å². The minimum Gasteiger partial charge on any atom is -0.394 e. The van der Waals surface area contributed by atoms with Crippen molar-refractivity contribution < 1.29 is 5.11 Å². The number of rotatable bonds is 7. The first kappa shape index (κ1) is 14.9. The zero-order valence-corrected chi connectivity index (χ0v) is 12.0. The number of aliphatic hydroxyl groups excluding tert-OH is 1. The zero-order chi connectivity index (χ0) is 12.9. The first-order chi connectivity index (χ1) is 8.06. The summed E-state index contributed by atoms with van der Waals surface area (Å²) in [7, 11) is 0. The fraction of sp³-hybridized carbons (Fsp3) is 1.00. The Morgan fingerprint density at radius 2 is 2.06 bits per heavy atom. The number of nitrogens with one attached hydrogen (secondary N) is 1. The predicted octanol–water partition coefficient (Wildman–Crippen LogP) is 2.00. The SMILES string of the molecule is CCCNC(C)(CO)CN1C(C)CCC1CC. The maximum Gasteiger partial charge on any atom is 0.0623 e. The lowest BCUT2D eigenvalue weighted by atomic mass is 10.0. The molecule has 0 aromatic rings. The summed E-state index contributed by atoms with van der Waals surface area (Å²) in [5.41, 5.74) is -0.151. The van der Waals surface area contributed by atoms with E-state index in [2.05, 4.69) is 37.9 Å². The van der Waals surface area contributed by atoms with Gasteiger partial charge in [-0.2, -0.15) is 0 Å². The summed E-state index contributed by atoms with van der Waals surface area (Å²) < 4.78 is 0. The smallest absolute Gasteiger partial charge is 0.0623 e. The van der Waals surface area contributed by atoms with Crippen LogP contribution >= 0.6 is 0 Å². The Morgan fingerprint density at radius 1 is 1.35 bits per heavy atom. The van der Waals surface area contributed by atoms with Crippen LogP contribution in [0.3, 0.4) is 0 Å². The van der Waals surface area contributed by atoms with Crippen LogP contribution in [0, 0.1) is 0 Å². The van der Waals surface area contributed by atoms with Gasteiger partial charge in [-0.1, -0.05) is 13.8 Å². The average Bonchev–Trinajstić information content (AvgIpc) is 2.68. The fourth-order valence-corrected chi connectivity index (χ4v) is 2.84. The van der Waals surface area contributed by atoms with Crippen LogP contribution in [0.4, 0.5) is 0 Å². The van der Waals surface area contributed by atoms with E-state index in [-0.39, 0.29) is 12.1 Å². The fourth-order valence-electron chi connectivity index (χ4n) is 2.84. The number of nitrogens with zero attached hydrogens (tertiary/aromatic N) is 1. The van der Waals surface area contributed by atoms with Gasteiger partial charge in [0.2, 0.25) is 0 Å². The Morgan fingerprint density at radius 3 is 2.59 bits per heavy atom. The zero-order valence-electron chi connectivity index (χ0n) is 12.0. The van der Waals surface area contributed by atoms with Crippen LogP contribution in [-0.4, -0.2) is 47.3 Å². The van der Waals surface area contributed by atoms with Crippen molar-refractivity contribution in [2.45, 2.75) is 71.0 Å². The topological polar surface area (TPSA) is 35.5 Å². The van der Waals surface area contributed by atoms with Gasteiger partial charge in [0.1, 0.15) is 0 Å². The van der Waals surface area contributed by atoms with Crippen molar-refractivity contribution in [2.24, 2.45) is 0 Å². The number of aliphatic hydroxyl groups is 1. The first-order valence-electron chi connectivity index (χ1n) is 7.18. The van der Waals surface area contributed by atoms with E-state index in [4.69, 9.17) is 0 Å². The predicted molar refractivity (Wildman–Crippen MR) is 73.3 cm³/mol. The van der Waals surface area contributed by atoms with E-state index < -0.39 is 0 Å². The van der Waals surface area contributed by atoms with Gasteiger partial charge in [-0.15, -0.1) is 0 Å². The van der Waals surface area contributed by atoms with Crippen LogP contribution in [0.15, 0.2) is 0 Å². The molecule has 0 radical (unpaired) electrons. The first-order valence-corrected chi connectivity index (χ1v) is 7.18. The number of likely N-dealkylation sites (tertiary alicyclic amines) is 1. The Labute approximate surface area is 107 Å². The Hall–Kier alpha value is -0.120. The van der Waals surface area contributed by atoms with Crippen molar-refractivity contribution in [1.82, 2.24) is 10.2 Å². The highest BCUT2D eigenvalue weighted by molar-refractivity contribution is 4.93. The molecule has 0 spiro atoms. The third kappa shape index (κ3) is 3.94. The molecule has 0 saturated carbocycles. The highest BCUT2D eigenvalue weighted by Gasteiger charge is 2.34. The molecule has 0 amide bonds. The molecular weight excluding hydrogens is 212 g/mol. The highest BCUT2D eigenvalue weighted by Crippen LogP contribution is 2.27. The van der Waals surface area contributed by atoms with Crippen LogP contribution < -0.4 is 5.32 Å². The van der Waals surface area contributed by atoms with E-state index in [0.717, 1.165) is 19.5 Å². The lowest BCUT2D eigenvalue weighted by molar-refractivity contribution is 0.0937. The molecule has 1 fully saturated rings. The van der Waals surface area contributed by atoms with Gasteiger partial charge < -0.3 is 10.4 Å². The van der Waals surface area contributed by atoms with Crippen LogP contribution in [-0.2, 0) is 0 Å². The summed E-state index contributed by atoms with van der Waals surface area (Å²) in [6.45, 7) is 11.0. The summed E-state index contributed by atoms with van der Waals surface area (Å²) in [5.74, 6) is 0. The summed E-state index contributed by atoms with van der Waals surface area (Å²) >= 11 is 0. The minimum absolute atomic E-state index is 0.151. The van der Waals surface area contributed by atoms with Gasteiger partial charge in [0.25, 0.3) is 0 Å². The molecule has 3 unspecified atom stereocenters. The van der Waals surface area contributed by atoms with Crippen molar-refractivity contribution in [3.63, 3.8) is 0 Å². The van der Waals surface area contributed by atoms with Gasteiger partial charge in [0.05, 0.1) is 12.1 Å². The molecule has 2 N–H and O–H groups in total. The second-order valence-corrected chi connectivity index (χ2v) is 5.81. The monoisotopic (exact) mass is 242 g/mol. The average molecular weight is 242 g/mol. The Bertz CT molecular complexity index is 222. The summed E-state index contributed by atoms with van der Waals surface area (Å²) in [6, 6.07) is 1.37. The second kappa shape index (κ2) is 6.72. The maximum absolute atomic E-state index is 9.63. The molecule has 1 rings (SSSR count). The van der Waals surface area contributed by atoms with E-state index in [0.29, 0.717) is 12.1 Å². The third-order valence-corrected chi connectivity index (χ3v) is 4.11. The van der Waals surface area contributed by atoms with Gasteiger partial charge in [0, 0.05) is 18.6 Å². The molecule has 3 atom stereocenters. The normalized spacial score (nSPS) is 29.5. The molecule has 102 valence electrons. The molecule has 1 aliphatic heterocycles. The molecule has 0 aromatic heterocycles. The van der Waals surface area contributed by atoms with Gasteiger partial charge in [-0.25, -0.2) is 0 Å². The van der Waals surface area contributed by atoms with Crippen LogP contribution in [0.2, 0.25) is 0 Å². The van der Waals surface area contributed by atoms with E-state index in [1.54, 1.807) is 0 Å². The third-order valence-electron chi connectivity index (χ3n) is 4.11. The van der Waals surface area contributed by atoms with Crippen LogP contribution in [0.1, 0.15) is 53.4 Å². The largest absolute Gasteiger partial charge is 0.394 e. The van der Waals surface area contributed by atoms with Crippen molar-refractivity contribution >= 4 is 0 Å². The van der Waals surface area contributed by atoms with E-state index in [1.807, 2.05) is 0 Å². The summed E-state index contributed by atoms with van der Waals surface area (Å²) in [6.07, 6.45) is 4.95. The molecule has 0 aromatic carbocycles. The Kier molecular flexibility index (Phi) is 5.90. The molecule has 3 nitrogen and oxygen atoms in total. The van der Waals surface area contributed by atoms with E-state index in [9.17, 15) is 5.11 Å². The molecule has 0 aliphatic carbocycles. The molecule has 1 aliphatic rings. The summed E-state index contributed by atoms with van der Waals surface area (Å²) in [4.78, 5) is 2.58. The van der Waals surface area contributed by atoms with Crippen LogP contribution in [0.25, 0.3) is 0 Å². The second-order valence-electron chi connectivity index (χ2n) is 5.81. The highest BCUT2D eigenvalue weighted by atomic mass is 16.3. The van der Waals surface area contributed by atoms with Gasteiger partial charge in [-0.05, 0) is 46.1 Å². The van der Waals surface area contributed by atoms with Gasteiger partial charge in [0.15, 0.2) is 0 Å². The molecule has 0 bridgehead atoms. The Balaban J connectivity index is 2.59. The lowest BCUT2D eigenvalue weighted by Gasteiger charge is -2.38. The molecule has 1 saturated heterocycles. The van der Waals surface area contributed by atoms with E-state index in [1.165, 1.54) is 19.3 Å². The molecule has 17 heavy (non-hydrogen) atoms. The number of hydrogen-bond donors (Lipinski definition) is 2.